The average molecular weight is 365 g/mol. The van der Waals surface area contributed by atoms with Crippen LogP contribution >= 0.6 is 11.3 Å². The van der Waals surface area contributed by atoms with Crippen LogP contribution in [0.5, 0.6) is 5.75 Å². The maximum absolute atomic E-state index is 12.9. The van der Waals surface area contributed by atoms with E-state index in [4.69, 9.17) is 4.74 Å². The van der Waals surface area contributed by atoms with Crippen molar-refractivity contribution in [3.63, 3.8) is 0 Å². The molecule has 1 atom stereocenters. The van der Waals surface area contributed by atoms with E-state index in [1.165, 1.54) is 0 Å². The summed E-state index contributed by atoms with van der Waals surface area (Å²) >= 11 is 1.65. The Balaban J connectivity index is 1.62. The Morgan fingerprint density at radius 1 is 1.19 bits per heavy atom. The number of carbonyl (C=O) groups is 1. The first kappa shape index (κ1) is 16.6. The number of hydrogen-bond acceptors (Lipinski definition) is 5. The minimum absolute atomic E-state index is 0.00457. The van der Waals surface area contributed by atoms with Crippen LogP contribution in [-0.2, 0) is 6.54 Å². The lowest BCUT2D eigenvalue weighted by atomic mass is 10.2. The van der Waals surface area contributed by atoms with Crippen molar-refractivity contribution in [3.8, 4) is 5.75 Å². The Morgan fingerprint density at radius 3 is 2.77 bits per heavy atom. The van der Waals surface area contributed by atoms with Gasteiger partial charge >= 0.3 is 0 Å². The Kier molecular flexibility index (Phi) is 4.58. The monoisotopic (exact) mass is 365 g/mol. The molecule has 0 fully saturated rings. The summed E-state index contributed by atoms with van der Waals surface area (Å²) in [6.45, 7) is 3.15. The zero-order valence-corrected chi connectivity index (χ0v) is 15.2. The third kappa shape index (κ3) is 3.15. The second-order valence-corrected chi connectivity index (χ2v) is 6.99. The minimum Gasteiger partial charge on any atom is -0.494 e. The maximum atomic E-state index is 12.9. The molecule has 0 spiro atoms. The number of amides is 1. The first-order valence-corrected chi connectivity index (χ1v) is 9.42. The van der Waals surface area contributed by atoms with Crippen LogP contribution in [0, 0.1) is 0 Å². The van der Waals surface area contributed by atoms with Crippen LogP contribution in [0.4, 0.5) is 5.69 Å². The first-order valence-electron chi connectivity index (χ1n) is 8.54. The highest BCUT2D eigenvalue weighted by molar-refractivity contribution is 7.09. The molecule has 0 aliphatic carbocycles. The van der Waals surface area contributed by atoms with Gasteiger partial charge in [0.1, 0.15) is 11.9 Å². The van der Waals surface area contributed by atoms with Gasteiger partial charge in [-0.25, -0.2) is 0 Å². The summed E-state index contributed by atoms with van der Waals surface area (Å²) < 4.78 is 5.49. The van der Waals surface area contributed by atoms with Crippen LogP contribution in [0.1, 0.15) is 34.0 Å². The molecule has 0 saturated heterocycles. The number of hydrogen-bond donors (Lipinski definition) is 1. The molecule has 3 heterocycles. The average Bonchev–Trinajstić information content (AvgIpc) is 3.27. The van der Waals surface area contributed by atoms with Crippen molar-refractivity contribution in [1.82, 2.24) is 9.88 Å². The molecule has 1 aliphatic rings. The van der Waals surface area contributed by atoms with Gasteiger partial charge in [-0.05, 0) is 54.8 Å². The molecular formula is C20H19N3O2S. The molecular weight excluding hydrogens is 346 g/mol. The second-order valence-electron chi connectivity index (χ2n) is 5.95. The van der Waals surface area contributed by atoms with Crippen LogP contribution in [-0.4, -0.2) is 22.4 Å². The number of nitrogens with one attached hydrogen (secondary N) is 1. The summed E-state index contributed by atoms with van der Waals surface area (Å²) in [5, 5.41) is 5.47. The van der Waals surface area contributed by atoms with Gasteiger partial charge in [-0.3, -0.25) is 9.78 Å². The van der Waals surface area contributed by atoms with E-state index in [1.54, 1.807) is 23.6 Å². The lowest BCUT2D eigenvalue weighted by molar-refractivity contribution is 0.0729. The highest BCUT2D eigenvalue weighted by Gasteiger charge is 2.38. The number of carbonyl (C=O) groups excluding carboxylic acids is 1. The number of benzene rings is 1. The van der Waals surface area contributed by atoms with Gasteiger partial charge in [-0.15, -0.1) is 11.3 Å². The molecule has 6 heteroatoms. The molecule has 5 nitrogen and oxygen atoms in total. The van der Waals surface area contributed by atoms with E-state index >= 15 is 0 Å². The standard InChI is InChI=1S/C20H19N3O2S/c1-2-25-15-9-7-14(8-10-15)22-19-18-17(6-3-11-21-18)20(24)23(19)13-16-5-4-12-26-16/h3-12,19,22H,2,13H2,1H3/t19-/m0/s1. The highest BCUT2D eigenvalue weighted by atomic mass is 32.1. The largest absolute Gasteiger partial charge is 0.494 e. The molecule has 0 bridgehead atoms. The molecule has 4 rings (SSSR count). The fraction of sp³-hybridized carbons (Fsp3) is 0.200. The van der Waals surface area contributed by atoms with E-state index in [2.05, 4.69) is 10.3 Å². The lowest BCUT2D eigenvalue weighted by Crippen LogP contribution is -2.31. The van der Waals surface area contributed by atoms with E-state index in [0.29, 0.717) is 18.7 Å². The smallest absolute Gasteiger partial charge is 0.258 e. The summed E-state index contributed by atoms with van der Waals surface area (Å²) in [5.74, 6) is 0.833. The van der Waals surface area contributed by atoms with Crippen LogP contribution in [0.2, 0.25) is 0 Å². The van der Waals surface area contributed by atoms with Gasteiger partial charge < -0.3 is 15.0 Å². The molecule has 132 valence electrons. The molecule has 0 radical (unpaired) electrons. The lowest BCUT2D eigenvalue weighted by Gasteiger charge is -2.26. The summed E-state index contributed by atoms with van der Waals surface area (Å²) in [5.41, 5.74) is 2.34. The predicted molar refractivity (Wildman–Crippen MR) is 102 cm³/mol. The Bertz CT molecular complexity index is 894. The van der Waals surface area contributed by atoms with Gasteiger partial charge in [0.05, 0.1) is 24.4 Å². The van der Waals surface area contributed by atoms with Gasteiger partial charge in [0.2, 0.25) is 0 Å². The number of aromatic nitrogens is 1. The van der Waals surface area contributed by atoms with Crippen molar-refractivity contribution in [2.75, 3.05) is 11.9 Å². The number of nitrogens with zero attached hydrogens (tertiary/aromatic N) is 2. The molecule has 26 heavy (non-hydrogen) atoms. The van der Waals surface area contributed by atoms with E-state index < -0.39 is 0 Å². The Hall–Kier alpha value is -2.86. The van der Waals surface area contributed by atoms with Crippen molar-refractivity contribution in [2.24, 2.45) is 0 Å². The molecule has 3 aromatic rings. The van der Waals surface area contributed by atoms with Crippen molar-refractivity contribution in [1.29, 1.82) is 0 Å². The minimum atomic E-state index is -0.293. The number of anilines is 1. The fourth-order valence-electron chi connectivity index (χ4n) is 3.09. The van der Waals surface area contributed by atoms with E-state index in [0.717, 1.165) is 22.0 Å². The summed E-state index contributed by atoms with van der Waals surface area (Å²) in [7, 11) is 0. The molecule has 1 aromatic carbocycles. The normalized spacial score (nSPS) is 15.8. The van der Waals surface area contributed by atoms with Crippen LogP contribution < -0.4 is 10.1 Å². The van der Waals surface area contributed by atoms with Crippen molar-refractivity contribution in [2.45, 2.75) is 19.6 Å². The van der Waals surface area contributed by atoms with E-state index in [1.807, 2.05) is 59.7 Å². The van der Waals surface area contributed by atoms with E-state index in [9.17, 15) is 4.79 Å². The van der Waals surface area contributed by atoms with E-state index in [-0.39, 0.29) is 12.1 Å². The molecule has 1 amide bonds. The summed E-state index contributed by atoms with van der Waals surface area (Å²) in [6, 6.07) is 15.4. The molecule has 1 aliphatic heterocycles. The molecule has 1 N–H and O–H groups in total. The maximum Gasteiger partial charge on any atom is 0.258 e. The molecule has 2 aromatic heterocycles. The summed E-state index contributed by atoms with van der Waals surface area (Å²) in [4.78, 5) is 20.3. The highest BCUT2D eigenvalue weighted by Crippen LogP contribution is 2.34. The number of thiophene rings is 1. The van der Waals surface area contributed by atoms with Gasteiger partial charge in [0.25, 0.3) is 5.91 Å². The third-order valence-electron chi connectivity index (χ3n) is 4.28. The third-order valence-corrected chi connectivity index (χ3v) is 5.14. The van der Waals surface area contributed by atoms with Gasteiger partial charge in [-0.1, -0.05) is 6.07 Å². The molecule has 0 saturated carbocycles. The first-order chi connectivity index (χ1) is 12.8. The van der Waals surface area contributed by atoms with Crippen LogP contribution in [0.3, 0.4) is 0 Å². The zero-order chi connectivity index (χ0) is 17.9. The Labute approximate surface area is 156 Å². The van der Waals surface area contributed by atoms with Crippen LogP contribution in [0.15, 0.2) is 60.1 Å². The van der Waals surface area contributed by atoms with Crippen molar-refractivity contribution < 1.29 is 9.53 Å². The number of ether oxygens (including phenoxy) is 1. The Morgan fingerprint density at radius 2 is 2.04 bits per heavy atom. The summed E-state index contributed by atoms with van der Waals surface area (Å²) in [6.07, 6.45) is 1.44. The fourth-order valence-corrected chi connectivity index (χ4v) is 3.79. The van der Waals surface area contributed by atoms with Gasteiger partial charge in [0.15, 0.2) is 0 Å². The SMILES string of the molecule is CCOc1ccc(N[C@@H]2c3ncccc3C(=O)N2Cc2cccs2)cc1. The molecule has 0 unspecified atom stereocenters. The topological polar surface area (TPSA) is 54.5 Å². The number of fused-ring (bicyclic) bond motifs is 1. The van der Waals surface area contributed by atoms with Crippen LogP contribution in [0.25, 0.3) is 0 Å². The number of rotatable bonds is 6. The van der Waals surface area contributed by atoms with Gasteiger partial charge in [-0.2, -0.15) is 0 Å². The quantitative estimate of drug-likeness (QED) is 0.707. The second kappa shape index (κ2) is 7.17. The van der Waals surface area contributed by atoms with Crippen molar-refractivity contribution in [3.05, 3.63) is 76.2 Å². The number of pyridine rings is 1. The van der Waals surface area contributed by atoms with Crippen molar-refractivity contribution >= 4 is 22.9 Å². The zero-order valence-electron chi connectivity index (χ0n) is 14.4. The van der Waals surface area contributed by atoms with Gasteiger partial charge in [0, 0.05) is 16.8 Å². The predicted octanol–water partition coefficient (Wildman–Crippen LogP) is 4.31.